The average molecular weight is 486 g/mol. The number of hydrogen-bond donors (Lipinski definition) is 6. The van der Waals surface area contributed by atoms with Gasteiger partial charge in [-0.1, -0.05) is 30.4 Å². The van der Waals surface area contributed by atoms with E-state index in [1.807, 2.05) is 12.1 Å². The van der Waals surface area contributed by atoms with E-state index < -0.39 is 32.0 Å². The Balaban J connectivity index is 1.68. The maximum absolute atomic E-state index is 12.5. The van der Waals surface area contributed by atoms with E-state index in [0.29, 0.717) is 23.0 Å². The summed E-state index contributed by atoms with van der Waals surface area (Å²) in [5, 5.41) is 22.0. The molecule has 2 aromatic heterocycles. The maximum Gasteiger partial charge on any atom is 0.326 e. The summed E-state index contributed by atoms with van der Waals surface area (Å²) < 4.78 is 0. The van der Waals surface area contributed by atoms with Crippen LogP contribution in [-0.2, 0) is 16.0 Å². The van der Waals surface area contributed by atoms with Gasteiger partial charge in [0.2, 0.25) is 5.95 Å². The second-order valence-electron chi connectivity index (χ2n) is 8.75. The molecule has 3 rings (SSSR count). The van der Waals surface area contributed by atoms with Gasteiger partial charge in [-0.25, -0.2) is 4.79 Å². The number of hydrogen-bond acceptors (Lipinski definition) is 6. The predicted octanol–water partition coefficient (Wildman–Crippen LogP) is 1.04. The zero-order valence-corrected chi connectivity index (χ0v) is 19.8. The Morgan fingerprint density at radius 1 is 1.18 bits per heavy atom. The van der Waals surface area contributed by atoms with Gasteiger partial charge in [0.15, 0.2) is 0 Å². The molecule has 0 fully saturated rings. The SMILES string of the molecule is C[Si](C)(CCc1c[nH]c2nc(N)[nH]c(=O)c12)c1ccc(C(=O)N[C@@H](CCC(=O)O)C(=O)O)cc1. The summed E-state index contributed by atoms with van der Waals surface area (Å²) in [6, 6.07) is 6.55. The summed E-state index contributed by atoms with van der Waals surface area (Å²) in [6.07, 6.45) is 1.88. The first-order valence-corrected chi connectivity index (χ1v) is 13.9. The van der Waals surface area contributed by atoms with Crippen LogP contribution in [0, 0.1) is 0 Å². The minimum Gasteiger partial charge on any atom is -0.481 e. The van der Waals surface area contributed by atoms with E-state index in [-0.39, 0.29) is 24.3 Å². The molecule has 0 unspecified atom stereocenters. The van der Waals surface area contributed by atoms with E-state index in [0.717, 1.165) is 16.8 Å². The lowest BCUT2D eigenvalue weighted by molar-refractivity contribution is -0.140. The molecule has 12 heteroatoms. The Kier molecular flexibility index (Phi) is 7.20. The zero-order chi connectivity index (χ0) is 25.0. The van der Waals surface area contributed by atoms with Crippen molar-refractivity contribution in [1.29, 1.82) is 0 Å². The van der Waals surface area contributed by atoms with Crippen LogP contribution in [-0.4, -0.2) is 57.1 Å². The molecule has 0 aliphatic carbocycles. The second-order valence-corrected chi connectivity index (χ2v) is 13.6. The topological polar surface area (TPSA) is 191 Å². The van der Waals surface area contributed by atoms with E-state index in [1.54, 1.807) is 18.3 Å². The number of H-pyrrole nitrogens is 2. The number of nitrogen functional groups attached to an aromatic ring is 1. The number of benzene rings is 1. The number of nitrogens with two attached hydrogens (primary N) is 1. The van der Waals surface area contributed by atoms with Crippen molar-refractivity contribution in [2.75, 3.05) is 5.73 Å². The Morgan fingerprint density at radius 2 is 1.85 bits per heavy atom. The van der Waals surface area contributed by atoms with Crippen molar-refractivity contribution in [2.45, 2.75) is 44.4 Å². The molecule has 0 spiro atoms. The Labute approximate surface area is 195 Å². The number of anilines is 1. The van der Waals surface area contributed by atoms with Gasteiger partial charge in [0, 0.05) is 18.2 Å². The van der Waals surface area contributed by atoms with Crippen LogP contribution >= 0.6 is 0 Å². The lowest BCUT2D eigenvalue weighted by Crippen LogP contribution is -2.43. The number of carboxylic acids is 2. The third-order valence-electron chi connectivity index (χ3n) is 5.84. The third kappa shape index (κ3) is 5.70. The highest BCUT2D eigenvalue weighted by Gasteiger charge is 2.25. The third-order valence-corrected chi connectivity index (χ3v) is 9.24. The second kappa shape index (κ2) is 9.91. The monoisotopic (exact) mass is 485 g/mol. The molecule has 1 aromatic carbocycles. The van der Waals surface area contributed by atoms with Gasteiger partial charge in [0.25, 0.3) is 11.5 Å². The van der Waals surface area contributed by atoms with Gasteiger partial charge in [-0.2, -0.15) is 4.98 Å². The fourth-order valence-corrected chi connectivity index (χ4v) is 6.00. The van der Waals surface area contributed by atoms with Crippen molar-refractivity contribution in [2.24, 2.45) is 0 Å². The first kappa shape index (κ1) is 24.7. The first-order chi connectivity index (χ1) is 16.0. The van der Waals surface area contributed by atoms with Gasteiger partial charge in [-0.3, -0.25) is 19.4 Å². The minimum absolute atomic E-state index is 0.0568. The van der Waals surface area contributed by atoms with Crippen molar-refractivity contribution in [3.63, 3.8) is 0 Å². The highest BCUT2D eigenvalue weighted by atomic mass is 28.3. The number of nitrogens with zero attached hydrogens (tertiary/aromatic N) is 1. The molecule has 2 heterocycles. The summed E-state index contributed by atoms with van der Waals surface area (Å²) in [4.78, 5) is 56.4. The lowest BCUT2D eigenvalue weighted by atomic mass is 10.1. The molecule has 0 saturated heterocycles. The van der Waals surface area contributed by atoms with Crippen molar-refractivity contribution in [3.8, 4) is 0 Å². The average Bonchev–Trinajstić information content (AvgIpc) is 3.18. The molecule has 180 valence electrons. The van der Waals surface area contributed by atoms with Crippen LogP contribution in [0.1, 0.15) is 28.8 Å². The molecule has 1 amide bonds. The molecule has 0 radical (unpaired) electrons. The lowest BCUT2D eigenvalue weighted by Gasteiger charge is -2.23. The molecule has 3 aromatic rings. The number of aromatic amines is 2. The van der Waals surface area contributed by atoms with Gasteiger partial charge in [-0.05, 0) is 36.6 Å². The fraction of sp³-hybridized carbons (Fsp3) is 0.318. The zero-order valence-electron chi connectivity index (χ0n) is 18.8. The van der Waals surface area contributed by atoms with Crippen molar-refractivity contribution in [1.82, 2.24) is 20.3 Å². The normalized spacial score (nSPS) is 12.4. The summed E-state index contributed by atoms with van der Waals surface area (Å²) in [7, 11) is -1.95. The number of fused-ring (bicyclic) bond motifs is 1. The van der Waals surface area contributed by atoms with Crippen LogP contribution in [0.25, 0.3) is 11.0 Å². The molecule has 7 N–H and O–H groups in total. The molecule has 0 saturated carbocycles. The summed E-state index contributed by atoms with van der Waals surface area (Å²) >= 11 is 0. The molecular weight excluding hydrogens is 458 g/mol. The van der Waals surface area contributed by atoms with Gasteiger partial charge in [0.05, 0.1) is 13.5 Å². The largest absolute Gasteiger partial charge is 0.481 e. The van der Waals surface area contributed by atoms with E-state index in [1.165, 1.54) is 0 Å². The van der Waals surface area contributed by atoms with E-state index in [9.17, 15) is 24.3 Å². The quantitative estimate of drug-likeness (QED) is 0.229. The smallest absolute Gasteiger partial charge is 0.326 e. The predicted molar refractivity (Wildman–Crippen MR) is 129 cm³/mol. The van der Waals surface area contributed by atoms with E-state index in [4.69, 9.17) is 10.8 Å². The number of amides is 1. The molecule has 0 aliphatic rings. The van der Waals surface area contributed by atoms with Gasteiger partial charge in [0.1, 0.15) is 11.7 Å². The minimum atomic E-state index is -1.95. The summed E-state index contributed by atoms with van der Waals surface area (Å²) in [5.41, 5.74) is 6.92. The molecule has 0 bridgehead atoms. The number of nitrogens with one attached hydrogen (secondary N) is 3. The number of aromatic nitrogens is 3. The molecule has 1 atom stereocenters. The van der Waals surface area contributed by atoms with Crippen molar-refractivity contribution >= 4 is 48.1 Å². The van der Waals surface area contributed by atoms with Crippen LogP contribution in [0.4, 0.5) is 5.95 Å². The van der Waals surface area contributed by atoms with Crippen molar-refractivity contribution in [3.05, 3.63) is 51.9 Å². The fourth-order valence-electron chi connectivity index (χ4n) is 3.75. The Hall–Kier alpha value is -3.93. The number of carbonyl (C=O) groups is 3. The Morgan fingerprint density at radius 3 is 2.47 bits per heavy atom. The number of carbonyl (C=O) groups excluding carboxylic acids is 1. The van der Waals surface area contributed by atoms with Gasteiger partial charge in [-0.15, -0.1) is 0 Å². The molecule has 34 heavy (non-hydrogen) atoms. The molecule has 11 nitrogen and oxygen atoms in total. The van der Waals surface area contributed by atoms with Gasteiger partial charge >= 0.3 is 11.9 Å². The summed E-state index contributed by atoms with van der Waals surface area (Å²) in [6.45, 7) is 4.37. The standard InChI is InChI=1S/C22H27N5O6Si/c1-34(2,10-9-13-11-24-18-17(13)20(31)27-22(23)26-18)14-5-3-12(4-6-14)19(30)25-15(21(32)33)7-8-16(28)29/h3-6,11,15H,7-10H2,1-2H3,(H,25,30)(H,28,29)(H,32,33)(H4,23,24,26,27,31)/t15-/m0/s1. The van der Waals surface area contributed by atoms with Crippen LogP contribution in [0.5, 0.6) is 0 Å². The van der Waals surface area contributed by atoms with Crippen LogP contribution in [0.15, 0.2) is 35.3 Å². The summed E-state index contributed by atoms with van der Waals surface area (Å²) in [5.74, 6) is -2.93. The van der Waals surface area contributed by atoms with E-state index in [2.05, 4.69) is 33.4 Å². The Bertz CT molecular complexity index is 1280. The number of carboxylic acid groups (broad SMARTS) is 2. The maximum atomic E-state index is 12.5. The van der Waals surface area contributed by atoms with Crippen LogP contribution in [0.2, 0.25) is 19.1 Å². The number of aliphatic carboxylic acids is 2. The molecular formula is C22H27N5O6Si. The highest BCUT2D eigenvalue weighted by molar-refractivity contribution is 6.89. The van der Waals surface area contributed by atoms with Crippen LogP contribution in [0.3, 0.4) is 0 Å². The number of aryl methyl sites for hydroxylation is 1. The highest BCUT2D eigenvalue weighted by Crippen LogP contribution is 2.19. The van der Waals surface area contributed by atoms with Gasteiger partial charge < -0.3 is 26.2 Å². The number of rotatable bonds is 10. The molecule has 0 aliphatic heterocycles. The first-order valence-electron chi connectivity index (χ1n) is 10.7. The van der Waals surface area contributed by atoms with Crippen molar-refractivity contribution < 1.29 is 24.6 Å². The van der Waals surface area contributed by atoms with E-state index >= 15 is 0 Å². The van der Waals surface area contributed by atoms with Crippen LogP contribution < -0.4 is 21.8 Å².